The van der Waals surface area contributed by atoms with Crippen molar-refractivity contribution in [2.24, 2.45) is 0 Å². The van der Waals surface area contributed by atoms with Crippen molar-refractivity contribution in [3.8, 4) is 0 Å². The third kappa shape index (κ3) is 5.64. The van der Waals surface area contributed by atoms with Gasteiger partial charge in [-0.15, -0.1) is 0 Å². The van der Waals surface area contributed by atoms with Crippen LogP contribution in [0.2, 0.25) is 0 Å². The second kappa shape index (κ2) is 8.94. The number of amides is 1. The van der Waals surface area contributed by atoms with E-state index in [0.717, 1.165) is 29.8 Å². The number of benzene rings is 2. The number of aryl methyl sites for hydroxylation is 3. The monoisotopic (exact) mass is 360 g/mol. The van der Waals surface area contributed by atoms with E-state index < -0.39 is 0 Å². The molecule has 5 heteroatoms. The fraction of sp³-hybridized carbons (Fsp3) is 0.227. The van der Waals surface area contributed by atoms with Crippen LogP contribution in [-0.4, -0.2) is 22.4 Å². The van der Waals surface area contributed by atoms with Gasteiger partial charge in [0.1, 0.15) is 5.69 Å². The van der Waals surface area contributed by atoms with Crippen molar-refractivity contribution in [2.45, 2.75) is 26.7 Å². The molecule has 0 saturated carbocycles. The highest BCUT2D eigenvalue weighted by molar-refractivity contribution is 5.92. The summed E-state index contributed by atoms with van der Waals surface area (Å²) in [7, 11) is 0. The van der Waals surface area contributed by atoms with Gasteiger partial charge in [0.2, 0.25) is 5.95 Å². The van der Waals surface area contributed by atoms with E-state index in [2.05, 4.69) is 32.7 Å². The molecule has 0 fully saturated rings. The zero-order valence-corrected chi connectivity index (χ0v) is 15.7. The van der Waals surface area contributed by atoms with E-state index in [-0.39, 0.29) is 5.91 Å². The van der Waals surface area contributed by atoms with Gasteiger partial charge in [0.15, 0.2) is 0 Å². The predicted molar refractivity (Wildman–Crippen MR) is 108 cm³/mol. The summed E-state index contributed by atoms with van der Waals surface area (Å²) in [5, 5.41) is 6.11. The van der Waals surface area contributed by atoms with E-state index in [1.54, 1.807) is 6.07 Å². The Balaban J connectivity index is 1.58. The van der Waals surface area contributed by atoms with Crippen LogP contribution in [0, 0.1) is 13.8 Å². The largest absolute Gasteiger partial charge is 0.351 e. The smallest absolute Gasteiger partial charge is 0.270 e. The predicted octanol–water partition coefficient (Wildman–Crippen LogP) is 4.20. The van der Waals surface area contributed by atoms with Gasteiger partial charge in [-0.1, -0.05) is 42.5 Å². The molecule has 1 aromatic heterocycles. The van der Waals surface area contributed by atoms with Crippen molar-refractivity contribution >= 4 is 17.5 Å². The lowest BCUT2D eigenvalue weighted by atomic mass is 10.1. The van der Waals surface area contributed by atoms with Crippen LogP contribution in [0.15, 0.2) is 60.7 Å². The Labute approximate surface area is 159 Å². The van der Waals surface area contributed by atoms with Crippen LogP contribution >= 0.6 is 0 Å². The summed E-state index contributed by atoms with van der Waals surface area (Å²) in [6.07, 6.45) is 1.82. The van der Waals surface area contributed by atoms with Crippen molar-refractivity contribution in [2.75, 3.05) is 11.9 Å². The zero-order valence-electron chi connectivity index (χ0n) is 15.7. The van der Waals surface area contributed by atoms with Crippen LogP contribution in [0.5, 0.6) is 0 Å². The van der Waals surface area contributed by atoms with Gasteiger partial charge in [0, 0.05) is 17.9 Å². The Morgan fingerprint density at radius 2 is 1.78 bits per heavy atom. The maximum absolute atomic E-state index is 12.4. The number of carbonyl (C=O) groups is 1. The summed E-state index contributed by atoms with van der Waals surface area (Å²) in [5.74, 6) is 0.246. The van der Waals surface area contributed by atoms with E-state index in [4.69, 9.17) is 0 Å². The van der Waals surface area contributed by atoms with Crippen molar-refractivity contribution in [1.29, 1.82) is 0 Å². The standard InChI is InChI=1S/C22H24N4O/c1-16-8-6-12-19(14-16)25-22-24-17(2)15-20(26-22)21(27)23-13-7-11-18-9-4-3-5-10-18/h3-6,8-10,12,14-15H,7,11,13H2,1-2H3,(H,23,27)(H,24,25,26). The van der Waals surface area contributed by atoms with E-state index in [9.17, 15) is 4.79 Å². The molecule has 0 bridgehead atoms. The molecule has 3 rings (SSSR count). The highest BCUT2D eigenvalue weighted by atomic mass is 16.1. The molecule has 0 radical (unpaired) electrons. The lowest BCUT2D eigenvalue weighted by Gasteiger charge is -2.09. The van der Waals surface area contributed by atoms with Gasteiger partial charge in [-0.2, -0.15) is 0 Å². The van der Waals surface area contributed by atoms with Gasteiger partial charge in [0.05, 0.1) is 0 Å². The molecule has 0 aliphatic carbocycles. The fourth-order valence-electron chi connectivity index (χ4n) is 2.82. The highest BCUT2D eigenvalue weighted by Gasteiger charge is 2.10. The van der Waals surface area contributed by atoms with Gasteiger partial charge < -0.3 is 10.6 Å². The third-order valence-corrected chi connectivity index (χ3v) is 4.13. The molecule has 0 aliphatic heterocycles. The molecule has 0 spiro atoms. The summed E-state index contributed by atoms with van der Waals surface area (Å²) in [5.41, 5.74) is 4.43. The molecule has 0 aliphatic rings. The first-order valence-electron chi connectivity index (χ1n) is 9.12. The molecular weight excluding hydrogens is 336 g/mol. The Morgan fingerprint density at radius 3 is 2.56 bits per heavy atom. The molecule has 0 unspecified atom stereocenters. The minimum absolute atomic E-state index is 0.180. The summed E-state index contributed by atoms with van der Waals surface area (Å²) in [6, 6.07) is 19.9. The van der Waals surface area contributed by atoms with Crippen molar-refractivity contribution in [3.05, 3.63) is 83.2 Å². The van der Waals surface area contributed by atoms with E-state index >= 15 is 0 Å². The molecule has 3 aromatic rings. The van der Waals surface area contributed by atoms with Crippen LogP contribution in [0.1, 0.15) is 33.7 Å². The average molecular weight is 360 g/mol. The number of nitrogens with one attached hydrogen (secondary N) is 2. The first-order valence-corrected chi connectivity index (χ1v) is 9.12. The molecule has 0 atom stereocenters. The topological polar surface area (TPSA) is 66.9 Å². The fourth-order valence-corrected chi connectivity index (χ4v) is 2.82. The van der Waals surface area contributed by atoms with Gasteiger partial charge in [-0.05, 0) is 56.0 Å². The van der Waals surface area contributed by atoms with Crippen molar-refractivity contribution in [3.63, 3.8) is 0 Å². The normalized spacial score (nSPS) is 10.4. The molecule has 138 valence electrons. The van der Waals surface area contributed by atoms with Crippen molar-refractivity contribution in [1.82, 2.24) is 15.3 Å². The highest BCUT2D eigenvalue weighted by Crippen LogP contribution is 2.15. The molecule has 2 aromatic carbocycles. The molecule has 27 heavy (non-hydrogen) atoms. The van der Waals surface area contributed by atoms with E-state index in [1.165, 1.54) is 5.56 Å². The SMILES string of the molecule is Cc1cccc(Nc2nc(C)cc(C(=O)NCCCc3ccccc3)n2)c1. The zero-order chi connectivity index (χ0) is 19.1. The number of hydrogen-bond acceptors (Lipinski definition) is 4. The molecule has 1 amide bonds. The maximum atomic E-state index is 12.4. The maximum Gasteiger partial charge on any atom is 0.270 e. The lowest BCUT2D eigenvalue weighted by molar-refractivity contribution is 0.0948. The Bertz CT molecular complexity index is 909. The summed E-state index contributed by atoms with van der Waals surface area (Å²) in [6.45, 7) is 4.49. The summed E-state index contributed by atoms with van der Waals surface area (Å²) in [4.78, 5) is 21.2. The van der Waals surface area contributed by atoms with Gasteiger partial charge in [-0.25, -0.2) is 9.97 Å². The van der Waals surface area contributed by atoms with Crippen LogP contribution < -0.4 is 10.6 Å². The van der Waals surface area contributed by atoms with Crippen LogP contribution in [0.3, 0.4) is 0 Å². The van der Waals surface area contributed by atoms with Gasteiger partial charge in [0.25, 0.3) is 5.91 Å². The number of aromatic nitrogens is 2. The number of carbonyl (C=O) groups excluding carboxylic acids is 1. The third-order valence-electron chi connectivity index (χ3n) is 4.13. The summed E-state index contributed by atoms with van der Waals surface area (Å²) < 4.78 is 0. The number of hydrogen-bond donors (Lipinski definition) is 2. The molecular formula is C22H24N4O. The van der Waals surface area contributed by atoms with E-state index in [1.807, 2.05) is 56.3 Å². The van der Waals surface area contributed by atoms with Crippen LogP contribution in [0.4, 0.5) is 11.6 Å². The first-order chi connectivity index (χ1) is 13.1. The Morgan fingerprint density at radius 1 is 0.963 bits per heavy atom. The molecule has 1 heterocycles. The van der Waals surface area contributed by atoms with Crippen LogP contribution in [-0.2, 0) is 6.42 Å². The molecule has 0 saturated heterocycles. The minimum atomic E-state index is -0.180. The quantitative estimate of drug-likeness (QED) is 0.620. The number of nitrogens with zero attached hydrogens (tertiary/aromatic N) is 2. The first kappa shape index (κ1) is 18.6. The second-order valence-corrected chi connectivity index (χ2v) is 6.56. The van der Waals surface area contributed by atoms with Crippen molar-refractivity contribution < 1.29 is 4.79 Å². The number of rotatable bonds is 7. The lowest BCUT2D eigenvalue weighted by Crippen LogP contribution is -2.26. The Hall–Kier alpha value is -3.21. The number of anilines is 2. The minimum Gasteiger partial charge on any atom is -0.351 e. The van der Waals surface area contributed by atoms with E-state index in [0.29, 0.717) is 18.2 Å². The van der Waals surface area contributed by atoms with Gasteiger partial charge in [-0.3, -0.25) is 4.79 Å². The second-order valence-electron chi connectivity index (χ2n) is 6.56. The molecule has 2 N–H and O–H groups in total. The Kier molecular flexibility index (Phi) is 6.15. The molecule has 5 nitrogen and oxygen atoms in total. The van der Waals surface area contributed by atoms with Crippen LogP contribution in [0.25, 0.3) is 0 Å². The average Bonchev–Trinajstić information content (AvgIpc) is 2.65. The summed E-state index contributed by atoms with van der Waals surface area (Å²) >= 11 is 0. The van der Waals surface area contributed by atoms with Gasteiger partial charge >= 0.3 is 0 Å².